The quantitative estimate of drug-likeness (QED) is 0.846. The van der Waals surface area contributed by atoms with Crippen molar-refractivity contribution in [3.63, 3.8) is 0 Å². The third-order valence-electron chi connectivity index (χ3n) is 4.49. The zero-order chi connectivity index (χ0) is 17.9. The molecule has 0 saturated heterocycles. The maximum absolute atomic E-state index is 12.7. The lowest BCUT2D eigenvalue weighted by molar-refractivity contribution is 0.0890. The van der Waals surface area contributed by atoms with E-state index in [4.69, 9.17) is 0 Å². The fraction of sp³-hybridized carbons (Fsp3) is 0.500. The van der Waals surface area contributed by atoms with E-state index >= 15 is 0 Å². The number of aryl methyl sites for hydroxylation is 2. The summed E-state index contributed by atoms with van der Waals surface area (Å²) in [5.41, 5.74) is 1.15. The Morgan fingerprint density at radius 3 is 2.67 bits per heavy atom. The third kappa shape index (κ3) is 3.48. The molecule has 2 aromatic heterocycles. The molecule has 2 atom stereocenters. The maximum atomic E-state index is 12.7. The third-order valence-corrected chi connectivity index (χ3v) is 4.49. The number of amides is 1. The van der Waals surface area contributed by atoms with Crippen LogP contribution in [0, 0.1) is 12.8 Å². The topological polar surface area (TPSA) is 84.2 Å². The monoisotopic (exact) mass is 331 g/mol. The first kappa shape index (κ1) is 18.1. The molecule has 6 heteroatoms. The molecule has 0 aliphatic carbocycles. The number of nitrogens with zero attached hydrogens (tertiary/aromatic N) is 2. The van der Waals surface area contributed by atoms with Crippen LogP contribution < -0.4 is 10.7 Å². The molecule has 0 spiro atoms. The maximum Gasteiger partial charge on any atom is 0.257 e. The van der Waals surface area contributed by atoms with Gasteiger partial charge in [-0.1, -0.05) is 20.3 Å². The molecule has 2 heterocycles. The summed E-state index contributed by atoms with van der Waals surface area (Å²) in [6.07, 6.45) is 2.38. The van der Waals surface area contributed by atoms with Crippen molar-refractivity contribution in [1.29, 1.82) is 0 Å². The molecule has 1 amide bonds. The summed E-state index contributed by atoms with van der Waals surface area (Å²) < 4.78 is 1.80. The van der Waals surface area contributed by atoms with Crippen molar-refractivity contribution in [1.82, 2.24) is 14.9 Å². The smallest absolute Gasteiger partial charge is 0.257 e. The van der Waals surface area contributed by atoms with Crippen LogP contribution in [-0.2, 0) is 6.54 Å². The van der Waals surface area contributed by atoms with E-state index < -0.39 is 5.91 Å². The number of aromatic nitrogens is 2. The lowest BCUT2D eigenvalue weighted by Gasteiger charge is -2.22. The number of nitrogens with one attached hydrogen (secondary N) is 1. The fourth-order valence-electron chi connectivity index (χ4n) is 2.66. The second-order valence-corrected chi connectivity index (χ2v) is 6.13. The van der Waals surface area contributed by atoms with Gasteiger partial charge in [0.1, 0.15) is 11.2 Å². The molecule has 0 unspecified atom stereocenters. The number of carbonyl (C=O) groups is 1. The van der Waals surface area contributed by atoms with Gasteiger partial charge in [0.15, 0.2) is 0 Å². The highest BCUT2D eigenvalue weighted by atomic mass is 16.3. The van der Waals surface area contributed by atoms with Gasteiger partial charge in [-0.2, -0.15) is 0 Å². The van der Waals surface area contributed by atoms with Crippen LogP contribution in [0.3, 0.4) is 0 Å². The standard InChI is InChI=1S/C18H25N3O3/c1-5-11(3)15(10-22)20-18(24)14-9-21(6-2)17-13(16(14)23)8-7-12(4)19-17/h7-9,11,15,22H,5-6,10H2,1-4H3,(H,20,24)/t11-,15-/m1/s1. The molecule has 0 aliphatic rings. The second kappa shape index (κ2) is 7.57. The first-order valence-corrected chi connectivity index (χ1v) is 8.35. The number of aliphatic hydroxyl groups is 1. The van der Waals surface area contributed by atoms with Crippen molar-refractivity contribution in [2.75, 3.05) is 6.61 Å². The van der Waals surface area contributed by atoms with Gasteiger partial charge < -0.3 is 15.0 Å². The van der Waals surface area contributed by atoms with Gasteiger partial charge in [-0.15, -0.1) is 0 Å². The Morgan fingerprint density at radius 2 is 2.08 bits per heavy atom. The van der Waals surface area contributed by atoms with Crippen molar-refractivity contribution >= 4 is 16.9 Å². The van der Waals surface area contributed by atoms with Gasteiger partial charge in [0.05, 0.1) is 18.0 Å². The van der Waals surface area contributed by atoms with Gasteiger partial charge in [0.25, 0.3) is 5.91 Å². The van der Waals surface area contributed by atoms with E-state index in [2.05, 4.69) is 10.3 Å². The summed E-state index contributed by atoms with van der Waals surface area (Å²) in [5, 5.41) is 12.7. The zero-order valence-corrected chi connectivity index (χ0v) is 14.7. The lowest BCUT2D eigenvalue weighted by Crippen LogP contribution is -2.43. The van der Waals surface area contributed by atoms with Crippen molar-refractivity contribution in [3.05, 3.63) is 39.8 Å². The fourth-order valence-corrected chi connectivity index (χ4v) is 2.66. The molecule has 2 N–H and O–H groups in total. The molecule has 2 rings (SSSR count). The summed E-state index contributed by atoms with van der Waals surface area (Å²) >= 11 is 0. The van der Waals surface area contributed by atoms with Crippen LogP contribution in [0.5, 0.6) is 0 Å². The molecule has 0 fully saturated rings. The Bertz CT molecular complexity index is 798. The highest BCUT2D eigenvalue weighted by Crippen LogP contribution is 2.12. The summed E-state index contributed by atoms with van der Waals surface area (Å²) in [6, 6.07) is 3.10. The zero-order valence-electron chi connectivity index (χ0n) is 14.7. The highest BCUT2D eigenvalue weighted by Gasteiger charge is 2.21. The van der Waals surface area contributed by atoms with Gasteiger partial charge in [0.2, 0.25) is 5.43 Å². The van der Waals surface area contributed by atoms with E-state index in [1.807, 2.05) is 27.7 Å². The lowest BCUT2D eigenvalue weighted by atomic mass is 9.99. The number of fused-ring (bicyclic) bond motifs is 1. The molecule has 6 nitrogen and oxygen atoms in total. The minimum absolute atomic E-state index is 0.0803. The molecule has 0 aromatic carbocycles. The molecule has 0 radical (unpaired) electrons. The van der Waals surface area contributed by atoms with Crippen LogP contribution in [0.25, 0.3) is 11.0 Å². The van der Waals surface area contributed by atoms with Crippen LogP contribution >= 0.6 is 0 Å². The van der Waals surface area contributed by atoms with Crippen LogP contribution in [0.4, 0.5) is 0 Å². The van der Waals surface area contributed by atoms with E-state index in [1.165, 1.54) is 0 Å². The molecular formula is C18H25N3O3. The van der Waals surface area contributed by atoms with E-state index in [-0.39, 0.29) is 29.6 Å². The van der Waals surface area contributed by atoms with Crippen molar-refractivity contribution in [3.8, 4) is 0 Å². The van der Waals surface area contributed by atoms with Crippen LogP contribution in [-0.4, -0.2) is 33.2 Å². The number of hydrogen-bond acceptors (Lipinski definition) is 4. The highest BCUT2D eigenvalue weighted by molar-refractivity contribution is 5.97. The number of rotatable bonds is 6. The SMILES string of the molecule is CC[C@@H](C)[C@@H](CO)NC(=O)c1cn(CC)c2nc(C)ccc2c1=O. The van der Waals surface area contributed by atoms with E-state index in [1.54, 1.807) is 22.9 Å². The largest absolute Gasteiger partial charge is 0.394 e. The molecular weight excluding hydrogens is 306 g/mol. The summed E-state index contributed by atoms with van der Waals surface area (Å²) in [6.45, 7) is 8.19. The summed E-state index contributed by atoms with van der Waals surface area (Å²) in [5.74, 6) is -0.332. The molecule has 24 heavy (non-hydrogen) atoms. The molecule has 2 aromatic rings. The molecule has 0 aliphatic heterocycles. The number of aliphatic hydroxyl groups excluding tert-OH is 1. The number of hydrogen-bond donors (Lipinski definition) is 2. The van der Waals surface area contributed by atoms with Gasteiger partial charge in [0, 0.05) is 18.4 Å². The van der Waals surface area contributed by atoms with Crippen molar-refractivity contribution < 1.29 is 9.90 Å². The van der Waals surface area contributed by atoms with Crippen molar-refractivity contribution in [2.24, 2.45) is 5.92 Å². The Hall–Kier alpha value is -2.21. The summed E-state index contributed by atoms with van der Waals surface area (Å²) in [4.78, 5) is 29.7. The molecule has 0 saturated carbocycles. The van der Waals surface area contributed by atoms with Crippen LogP contribution in [0.2, 0.25) is 0 Å². The van der Waals surface area contributed by atoms with E-state index in [0.717, 1.165) is 12.1 Å². The van der Waals surface area contributed by atoms with Crippen LogP contribution in [0.1, 0.15) is 43.2 Å². The van der Waals surface area contributed by atoms with E-state index in [9.17, 15) is 14.7 Å². The number of pyridine rings is 2. The van der Waals surface area contributed by atoms with Crippen LogP contribution in [0.15, 0.2) is 23.1 Å². The second-order valence-electron chi connectivity index (χ2n) is 6.13. The Labute approximate surface area is 141 Å². The van der Waals surface area contributed by atoms with E-state index in [0.29, 0.717) is 17.6 Å². The minimum Gasteiger partial charge on any atom is -0.394 e. The van der Waals surface area contributed by atoms with Gasteiger partial charge >= 0.3 is 0 Å². The predicted octanol–water partition coefficient (Wildman–Crippen LogP) is 1.86. The Balaban J connectivity index is 2.49. The number of carbonyl (C=O) groups excluding carboxylic acids is 1. The van der Waals surface area contributed by atoms with Gasteiger partial charge in [-0.25, -0.2) is 4.98 Å². The molecule has 0 bridgehead atoms. The summed E-state index contributed by atoms with van der Waals surface area (Å²) in [7, 11) is 0. The average molecular weight is 331 g/mol. The molecule has 130 valence electrons. The minimum atomic E-state index is -0.455. The predicted molar refractivity (Wildman–Crippen MR) is 94.2 cm³/mol. The van der Waals surface area contributed by atoms with Gasteiger partial charge in [-0.05, 0) is 31.9 Å². The first-order valence-electron chi connectivity index (χ1n) is 8.35. The first-order chi connectivity index (χ1) is 11.4. The van der Waals surface area contributed by atoms with Crippen molar-refractivity contribution in [2.45, 2.75) is 46.7 Å². The Morgan fingerprint density at radius 1 is 1.38 bits per heavy atom. The van der Waals surface area contributed by atoms with Gasteiger partial charge in [-0.3, -0.25) is 9.59 Å². The Kier molecular flexibility index (Phi) is 5.72. The normalized spacial score (nSPS) is 13.7. The average Bonchev–Trinajstić information content (AvgIpc) is 2.59.